The van der Waals surface area contributed by atoms with E-state index in [1.807, 2.05) is 0 Å². The van der Waals surface area contributed by atoms with E-state index >= 15 is 0 Å². The molecule has 0 unspecified atom stereocenters. The second-order valence-electron chi connectivity index (χ2n) is 2.76. The Morgan fingerprint density at radius 3 is 2.38 bits per heavy atom. The summed E-state index contributed by atoms with van der Waals surface area (Å²) in [6.07, 6.45) is 1.74. The molecule has 0 heterocycles. The molecule has 3 N–H and O–H groups in total. The lowest BCUT2D eigenvalue weighted by Gasteiger charge is -2.02. The average molecular weight is 188 g/mol. The van der Waals surface area contributed by atoms with E-state index in [-0.39, 0.29) is 12.5 Å². The van der Waals surface area contributed by atoms with Gasteiger partial charge in [0.2, 0.25) is 5.91 Å². The third kappa shape index (κ3) is 10.9. The molecule has 0 aliphatic rings. The Labute approximate surface area is 77.5 Å². The Morgan fingerprint density at radius 1 is 1.23 bits per heavy atom. The van der Waals surface area contributed by atoms with Gasteiger partial charge in [-0.15, -0.1) is 0 Å². The van der Waals surface area contributed by atoms with Crippen LogP contribution in [-0.2, 0) is 9.59 Å². The summed E-state index contributed by atoms with van der Waals surface area (Å²) in [4.78, 5) is 20.5. The topological polar surface area (TPSA) is 78.4 Å². The van der Waals surface area contributed by atoms with E-state index in [0.717, 1.165) is 12.8 Å². The molecule has 0 aliphatic heterocycles. The summed E-state index contributed by atoms with van der Waals surface area (Å²) in [5.74, 6) is -0.875. The Hall–Kier alpha value is -1.10. The highest BCUT2D eigenvalue weighted by molar-refractivity contribution is 5.72. The summed E-state index contributed by atoms with van der Waals surface area (Å²) in [6.45, 7) is 2.80. The lowest BCUT2D eigenvalue weighted by Crippen LogP contribution is -2.25. The van der Waals surface area contributed by atoms with E-state index in [0.29, 0.717) is 13.1 Å². The van der Waals surface area contributed by atoms with Crippen molar-refractivity contribution in [2.75, 3.05) is 19.6 Å². The quantitative estimate of drug-likeness (QED) is 0.474. The van der Waals surface area contributed by atoms with Crippen LogP contribution in [0.2, 0.25) is 0 Å². The number of aliphatic carboxylic acids is 1. The van der Waals surface area contributed by atoms with Crippen LogP contribution >= 0.6 is 0 Å². The number of carboxylic acids is 1. The molecule has 76 valence electrons. The van der Waals surface area contributed by atoms with E-state index in [4.69, 9.17) is 5.11 Å². The molecule has 0 rings (SSSR count). The van der Waals surface area contributed by atoms with Gasteiger partial charge in [0.1, 0.15) is 0 Å². The van der Waals surface area contributed by atoms with Gasteiger partial charge >= 0.3 is 5.97 Å². The van der Waals surface area contributed by atoms with Gasteiger partial charge in [0.25, 0.3) is 0 Å². The van der Waals surface area contributed by atoms with Gasteiger partial charge in [0.05, 0.1) is 6.54 Å². The molecule has 0 atom stereocenters. The molecule has 0 aromatic heterocycles. The second kappa shape index (κ2) is 7.54. The monoisotopic (exact) mass is 188 g/mol. The number of nitrogens with one attached hydrogen (secondary N) is 2. The Bertz CT molecular complexity index is 153. The molecule has 13 heavy (non-hydrogen) atoms. The molecular weight excluding hydrogens is 172 g/mol. The summed E-state index contributed by atoms with van der Waals surface area (Å²) >= 11 is 0. The number of carbonyl (C=O) groups excluding carboxylic acids is 1. The molecule has 0 saturated heterocycles. The second-order valence-corrected chi connectivity index (χ2v) is 2.76. The van der Waals surface area contributed by atoms with Gasteiger partial charge in [-0.05, 0) is 19.4 Å². The van der Waals surface area contributed by atoms with Crippen molar-refractivity contribution in [1.29, 1.82) is 0 Å². The molecule has 0 aliphatic carbocycles. The number of hydrogen-bond donors (Lipinski definition) is 3. The van der Waals surface area contributed by atoms with Gasteiger partial charge in [-0.3, -0.25) is 9.59 Å². The molecule has 0 aromatic carbocycles. The van der Waals surface area contributed by atoms with Crippen molar-refractivity contribution < 1.29 is 14.7 Å². The third-order valence-corrected chi connectivity index (χ3v) is 1.43. The number of hydrogen-bond acceptors (Lipinski definition) is 3. The minimum absolute atomic E-state index is 0.000136. The number of carboxylic acid groups (broad SMARTS) is 1. The van der Waals surface area contributed by atoms with Gasteiger partial charge in [0, 0.05) is 13.5 Å². The predicted molar refractivity (Wildman–Crippen MR) is 48.4 cm³/mol. The molecule has 0 saturated carbocycles. The van der Waals surface area contributed by atoms with Crippen molar-refractivity contribution in [3.8, 4) is 0 Å². The summed E-state index contributed by atoms with van der Waals surface area (Å²) < 4.78 is 0. The standard InChI is InChI=1S/C8H16N2O3/c1-7(11)10-5-3-2-4-9-6-8(12)13/h9H,2-6H2,1H3,(H,10,11)(H,12,13). The van der Waals surface area contributed by atoms with Gasteiger partial charge < -0.3 is 15.7 Å². The van der Waals surface area contributed by atoms with Crippen molar-refractivity contribution in [2.24, 2.45) is 0 Å². The minimum Gasteiger partial charge on any atom is -0.480 e. The van der Waals surface area contributed by atoms with Gasteiger partial charge in [-0.1, -0.05) is 0 Å². The highest BCUT2D eigenvalue weighted by atomic mass is 16.4. The molecule has 1 amide bonds. The summed E-state index contributed by atoms with van der Waals surface area (Å²) in [5.41, 5.74) is 0. The fraction of sp³-hybridized carbons (Fsp3) is 0.750. The van der Waals surface area contributed by atoms with Crippen LogP contribution < -0.4 is 10.6 Å². The molecule has 0 bridgehead atoms. The zero-order chi connectivity index (χ0) is 10.1. The normalized spacial score (nSPS) is 9.62. The van der Waals surface area contributed by atoms with Crippen LogP contribution in [0.4, 0.5) is 0 Å². The first-order valence-electron chi connectivity index (χ1n) is 4.30. The highest BCUT2D eigenvalue weighted by Crippen LogP contribution is 1.83. The van der Waals surface area contributed by atoms with E-state index < -0.39 is 5.97 Å². The maximum Gasteiger partial charge on any atom is 0.317 e. The lowest BCUT2D eigenvalue weighted by molar-refractivity contribution is -0.136. The Balaban J connectivity index is 3.00. The van der Waals surface area contributed by atoms with Crippen molar-refractivity contribution in [2.45, 2.75) is 19.8 Å². The summed E-state index contributed by atoms with van der Waals surface area (Å²) in [5, 5.41) is 13.7. The van der Waals surface area contributed by atoms with E-state index in [1.165, 1.54) is 6.92 Å². The van der Waals surface area contributed by atoms with Crippen LogP contribution in [0.15, 0.2) is 0 Å². The fourth-order valence-corrected chi connectivity index (χ4v) is 0.835. The zero-order valence-electron chi connectivity index (χ0n) is 7.80. The maximum absolute atomic E-state index is 10.4. The molecule has 5 heteroatoms. The fourth-order valence-electron chi connectivity index (χ4n) is 0.835. The number of amides is 1. The maximum atomic E-state index is 10.4. The van der Waals surface area contributed by atoms with Crippen LogP contribution in [0.3, 0.4) is 0 Å². The first-order valence-corrected chi connectivity index (χ1v) is 4.30. The third-order valence-electron chi connectivity index (χ3n) is 1.43. The van der Waals surface area contributed by atoms with E-state index in [9.17, 15) is 9.59 Å². The molecule has 0 spiro atoms. The van der Waals surface area contributed by atoms with Crippen LogP contribution in [0.25, 0.3) is 0 Å². The van der Waals surface area contributed by atoms with Gasteiger partial charge in [-0.25, -0.2) is 0 Å². The predicted octanol–water partition coefficient (Wildman–Crippen LogP) is -0.423. The van der Waals surface area contributed by atoms with Crippen molar-refractivity contribution in [3.05, 3.63) is 0 Å². The summed E-state index contributed by atoms with van der Waals surface area (Å²) in [6, 6.07) is 0. The van der Waals surface area contributed by atoms with E-state index in [1.54, 1.807) is 0 Å². The first-order chi connectivity index (χ1) is 6.13. The number of rotatable bonds is 7. The van der Waals surface area contributed by atoms with Crippen molar-refractivity contribution in [1.82, 2.24) is 10.6 Å². The van der Waals surface area contributed by atoms with E-state index in [2.05, 4.69) is 10.6 Å². The molecule has 0 radical (unpaired) electrons. The average Bonchev–Trinajstić information content (AvgIpc) is 2.01. The Kier molecular flexibility index (Phi) is 6.91. The smallest absolute Gasteiger partial charge is 0.317 e. The van der Waals surface area contributed by atoms with Gasteiger partial charge in [-0.2, -0.15) is 0 Å². The lowest BCUT2D eigenvalue weighted by atomic mass is 10.3. The first kappa shape index (κ1) is 11.9. The minimum atomic E-state index is -0.845. The van der Waals surface area contributed by atoms with Crippen LogP contribution in [-0.4, -0.2) is 36.6 Å². The number of unbranched alkanes of at least 4 members (excludes halogenated alkanes) is 1. The molecule has 5 nitrogen and oxygen atoms in total. The Morgan fingerprint density at radius 2 is 1.85 bits per heavy atom. The van der Waals surface area contributed by atoms with Gasteiger partial charge in [0.15, 0.2) is 0 Å². The van der Waals surface area contributed by atoms with Crippen molar-refractivity contribution in [3.63, 3.8) is 0 Å². The zero-order valence-corrected chi connectivity index (χ0v) is 7.80. The van der Waals surface area contributed by atoms with Crippen LogP contribution in [0, 0.1) is 0 Å². The SMILES string of the molecule is CC(=O)NCCCCNCC(=O)O. The van der Waals surface area contributed by atoms with Crippen LogP contribution in [0.1, 0.15) is 19.8 Å². The van der Waals surface area contributed by atoms with Crippen molar-refractivity contribution >= 4 is 11.9 Å². The molecular formula is C8H16N2O3. The highest BCUT2D eigenvalue weighted by Gasteiger charge is 1.94. The van der Waals surface area contributed by atoms with Crippen LogP contribution in [0.5, 0.6) is 0 Å². The molecule has 0 fully saturated rings. The largest absolute Gasteiger partial charge is 0.480 e. The number of carbonyl (C=O) groups is 2. The molecule has 0 aromatic rings. The summed E-state index contributed by atoms with van der Waals surface area (Å²) in [7, 11) is 0.